The van der Waals surface area contributed by atoms with Gasteiger partial charge in [-0.2, -0.15) is 0 Å². The maximum absolute atomic E-state index is 6.08. The molecule has 2 unspecified atom stereocenters. The van der Waals surface area contributed by atoms with Crippen LogP contribution in [0, 0.1) is 11.8 Å². The summed E-state index contributed by atoms with van der Waals surface area (Å²) in [7, 11) is 0. The molecule has 1 saturated carbocycles. The van der Waals surface area contributed by atoms with E-state index in [4.69, 9.17) is 23.2 Å². The molecule has 1 heterocycles. The molecule has 2 rings (SSSR count). The predicted molar refractivity (Wildman–Crippen MR) is 77.1 cm³/mol. The van der Waals surface area contributed by atoms with Crippen LogP contribution >= 0.6 is 23.2 Å². The summed E-state index contributed by atoms with van der Waals surface area (Å²) in [6.07, 6.45) is 8.74. The predicted octanol–water partition coefficient (Wildman–Crippen LogP) is 3.87. The SMILES string of the molecule is ClCC1CCCCC1CNCc1ccncc1Cl. The summed E-state index contributed by atoms with van der Waals surface area (Å²) >= 11 is 12.1. The van der Waals surface area contributed by atoms with Crippen LogP contribution in [0.4, 0.5) is 0 Å². The number of aromatic nitrogens is 1. The Balaban J connectivity index is 1.79. The van der Waals surface area contributed by atoms with Gasteiger partial charge in [-0.1, -0.05) is 24.4 Å². The number of rotatable bonds is 5. The second kappa shape index (κ2) is 7.32. The van der Waals surface area contributed by atoms with Crippen LogP contribution in [0.1, 0.15) is 31.2 Å². The van der Waals surface area contributed by atoms with Crippen molar-refractivity contribution in [1.29, 1.82) is 0 Å². The van der Waals surface area contributed by atoms with E-state index in [9.17, 15) is 0 Å². The van der Waals surface area contributed by atoms with Crippen molar-refractivity contribution >= 4 is 23.2 Å². The third-order valence-electron chi connectivity index (χ3n) is 3.84. The first-order valence-corrected chi connectivity index (χ1v) is 7.57. The molecule has 0 spiro atoms. The average Bonchev–Trinajstić information content (AvgIpc) is 2.41. The van der Waals surface area contributed by atoms with Gasteiger partial charge >= 0.3 is 0 Å². The Hall–Kier alpha value is -0.310. The van der Waals surface area contributed by atoms with E-state index in [0.29, 0.717) is 5.92 Å². The topological polar surface area (TPSA) is 24.9 Å². The van der Waals surface area contributed by atoms with E-state index >= 15 is 0 Å². The van der Waals surface area contributed by atoms with Gasteiger partial charge in [0.1, 0.15) is 0 Å². The molecular formula is C14H20Cl2N2. The first-order valence-electron chi connectivity index (χ1n) is 6.66. The van der Waals surface area contributed by atoms with E-state index in [2.05, 4.69) is 10.3 Å². The van der Waals surface area contributed by atoms with Crippen LogP contribution in [-0.2, 0) is 6.54 Å². The number of nitrogens with zero attached hydrogens (tertiary/aromatic N) is 1. The van der Waals surface area contributed by atoms with Crippen LogP contribution < -0.4 is 5.32 Å². The standard InChI is InChI=1S/C14H20Cl2N2/c15-7-11-3-1-2-4-12(11)8-18-9-13-5-6-17-10-14(13)16/h5-6,10-12,18H,1-4,7-9H2. The van der Waals surface area contributed by atoms with E-state index in [1.807, 2.05) is 6.07 Å². The maximum atomic E-state index is 6.08. The third kappa shape index (κ3) is 3.84. The van der Waals surface area contributed by atoms with Crippen LogP contribution in [0.15, 0.2) is 18.5 Å². The summed E-state index contributed by atoms with van der Waals surface area (Å²) in [6.45, 7) is 1.85. The molecule has 4 heteroatoms. The van der Waals surface area contributed by atoms with Gasteiger partial charge in [0.15, 0.2) is 0 Å². The molecule has 0 bridgehead atoms. The van der Waals surface area contributed by atoms with Gasteiger partial charge in [-0.05, 0) is 42.9 Å². The molecule has 0 amide bonds. The Morgan fingerprint density at radius 1 is 1.28 bits per heavy atom. The van der Waals surface area contributed by atoms with Crippen molar-refractivity contribution in [1.82, 2.24) is 10.3 Å². The summed E-state index contributed by atoms with van der Waals surface area (Å²) in [4.78, 5) is 3.99. The molecule has 0 aliphatic heterocycles. The lowest BCUT2D eigenvalue weighted by Crippen LogP contribution is -2.31. The van der Waals surface area contributed by atoms with E-state index in [1.165, 1.54) is 25.7 Å². The lowest BCUT2D eigenvalue weighted by atomic mass is 9.80. The van der Waals surface area contributed by atoms with Crippen molar-refractivity contribution in [3.05, 3.63) is 29.0 Å². The molecule has 1 N–H and O–H groups in total. The van der Waals surface area contributed by atoms with Crippen molar-refractivity contribution in [3.63, 3.8) is 0 Å². The Morgan fingerprint density at radius 3 is 2.78 bits per heavy atom. The molecular weight excluding hydrogens is 267 g/mol. The van der Waals surface area contributed by atoms with Crippen molar-refractivity contribution in [2.45, 2.75) is 32.2 Å². The van der Waals surface area contributed by atoms with Gasteiger partial charge < -0.3 is 5.32 Å². The molecule has 1 aromatic rings. The molecule has 100 valence electrons. The van der Waals surface area contributed by atoms with Crippen molar-refractivity contribution in [2.24, 2.45) is 11.8 Å². The van der Waals surface area contributed by atoms with Crippen LogP contribution in [0.25, 0.3) is 0 Å². The van der Waals surface area contributed by atoms with Gasteiger partial charge in [0.05, 0.1) is 5.02 Å². The fourth-order valence-corrected chi connectivity index (χ4v) is 3.29. The highest BCUT2D eigenvalue weighted by Crippen LogP contribution is 2.30. The van der Waals surface area contributed by atoms with Crippen molar-refractivity contribution < 1.29 is 0 Å². The van der Waals surface area contributed by atoms with E-state index < -0.39 is 0 Å². The van der Waals surface area contributed by atoms with Crippen LogP contribution in [0.5, 0.6) is 0 Å². The Morgan fingerprint density at radius 2 is 2.06 bits per heavy atom. The molecule has 0 aromatic carbocycles. The summed E-state index contributed by atoms with van der Waals surface area (Å²) in [6, 6.07) is 1.97. The van der Waals surface area contributed by atoms with Crippen LogP contribution in [0.2, 0.25) is 5.02 Å². The maximum Gasteiger partial charge on any atom is 0.0634 e. The lowest BCUT2D eigenvalue weighted by molar-refractivity contribution is 0.250. The fraction of sp³-hybridized carbons (Fsp3) is 0.643. The molecule has 18 heavy (non-hydrogen) atoms. The summed E-state index contributed by atoms with van der Waals surface area (Å²) in [5, 5.41) is 4.24. The largest absolute Gasteiger partial charge is 0.312 e. The van der Waals surface area contributed by atoms with E-state index in [0.717, 1.165) is 35.5 Å². The number of alkyl halides is 1. The summed E-state index contributed by atoms with van der Waals surface area (Å²) in [5.41, 5.74) is 1.12. The third-order valence-corrected chi connectivity index (χ3v) is 4.58. The normalized spacial score (nSPS) is 24.1. The van der Waals surface area contributed by atoms with Gasteiger partial charge in [0, 0.05) is 24.8 Å². The second-order valence-electron chi connectivity index (χ2n) is 5.06. The minimum Gasteiger partial charge on any atom is -0.312 e. The fourth-order valence-electron chi connectivity index (χ4n) is 2.70. The molecule has 0 radical (unpaired) electrons. The number of hydrogen-bond acceptors (Lipinski definition) is 2. The Kier molecular flexibility index (Phi) is 5.74. The molecule has 1 aliphatic rings. The van der Waals surface area contributed by atoms with E-state index in [-0.39, 0.29) is 0 Å². The highest BCUT2D eigenvalue weighted by Gasteiger charge is 2.23. The zero-order valence-electron chi connectivity index (χ0n) is 10.5. The zero-order chi connectivity index (χ0) is 12.8. The van der Waals surface area contributed by atoms with Crippen molar-refractivity contribution in [3.8, 4) is 0 Å². The minimum atomic E-state index is 0.681. The van der Waals surface area contributed by atoms with Crippen LogP contribution in [-0.4, -0.2) is 17.4 Å². The first kappa shape index (κ1) is 14.1. The van der Waals surface area contributed by atoms with Gasteiger partial charge in [-0.25, -0.2) is 0 Å². The Bertz CT molecular complexity index is 371. The second-order valence-corrected chi connectivity index (χ2v) is 5.77. The van der Waals surface area contributed by atoms with Gasteiger partial charge in [0.25, 0.3) is 0 Å². The molecule has 1 aliphatic carbocycles. The van der Waals surface area contributed by atoms with Gasteiger partial charge in [-0.15, -0.1) is 11.6 Å². The molecule has 2 nitrogen and oxygen atoms in total. The Labute approximate surface area is 119 Å². The smallest absolute Gasteiger partial charge is 0.0634 e. The average molecular weight is 287 g/mol. The summed E-state index contributed by atoms with van der Waals surface area (Å²) in [5.74, 6) is 2.19. The quantitative estimate of drug-likeness (QED) is 0.832. The highest BCUT2D eigenvalue weighted by atomic mass is 35.5. The van der Waals surface area contributed by atoms with Gasteiger partial charge in [-0.3, -0.25) is 4.98 Å². The minimum absolute atomic E-state index is 0.681. The molecule has 2 atom stereocenters. The summed E-state index contributed by atoms with van der Waals surface area (Å²) < 4.78 is 0. The highest BCUT2D eigenvalue weighted by molar-refractivity contribution is 6.31. The molecule has 1 aromatic heterocycles. The number of pyridine rings is 1. The molecule has 0 saturated heterocycles. The lowest BCUT2D eigenvalue weighted by Gasteiger charge is -2.30. The van der Waals surface area contributed by atoms with Crippen molar-refractivity contribution in [2.75, 3.05) is 12.4 Å². The number of hydrogen-bond donors (Lipinski definition) is 1. The van der Waals surface area contributed by atoms with Gasteiger partial charge in [0.2, 0.25) is 0 Å². The van der Waals surface area contributed by atoms with E-state index in [1.54, 1.807) is 12.4 Å². The zero-order valence-corrected chi connectivity index (χ0v) is 12.1. The first-order chi connectivity index (χ1) is 8.81. The monoisotopic (exact) mass is 286 g/mol. The molecule has 1 fully saturated rings. The number of halogens is 2. The van der Waals surface area contributed by atoms with Crippen LogP contribution in [0.3, 0.4) is 0 Å². The number of nitrogens with one attached hydrogen (secondary N) is 1.